The highest BCUT2D eigenvalue weighted by atomic mass is 32.2. The lowest BCUT2D eigenvalue weighted by Gasteiger charge is -2.15. The second-order valence-electron chi connectivity index (χ2n) is 7.03. The van der Waals surface area contributed by atoms with E-state index in [2.05, 4.69) is 17.1 Å². The van der Waals surface area contributed by atoms with Gasteiger partial charge in [-0.1, -0.05) is 55.4 Å². The van der Waals surface area contributed by atoms with E-state index in [0.29, 0.717) is 11.4 Å². The van der Waals surface area contributed by atoms with Crippen LogP contribution in [0.3, 0.4) is 0 Å². The van der Waals surface area contributed by atoms with Gasteiger partial charge in [0.25, 0.3) is 0 Å². The van der Waals surface area contributed by atoms with Crippen LogP contribution in [0.2, 0.25) is 0 Å². The highest BCUT2D eigenvalue weighted by Crippen LogP contribution is 2.30. The number of benzene rings is 2. The Morgan fingerprint density at radius 1 is 1.13 bits per heavy atom. The summed E-state index contributed by atoms with van der Waals surface area (Å²) in [7, 11) is 1.56. The molecule has 0 aliphatic carbocycles. The number of nitrogens with zero attached hydrogens (tertiary/aromatic N) is 3. The molecule has 1 fully saturated rings. The Hall–Kier alpha value is -3.13. The van der Waals surface area contributed by atoms with Gasteiger partial charge >= 0.3 is 0 Å². The molecule has 0 bridgehead atoms. The largest absolute Gasteiger partial charge is 0.497 e. The average molecular weight is 439 g/mol. The first-order chi connectivity index (χ1) is 15.0. The van der Waals surface area contributed by atoms with Gasteiger partial charge < -0.3 is 10.5 Å². The molecule has 1 heterocycles. The maximum absolute atomic E-state index is 12.8. The van der Waals surface area contributed by atoms with Gasteiger partial charge in [0.1, 0.15) is 11.0 Å². The number of hydrogen-bond acceptors (Lipinski definition) is 6. The van der Waals surface area contributed by atoms with Crippen molar-refractivity contribution in [3.8, 4) is 5.75 Å². The summed E-state index contributed by atoms with van der Waals surface area (Å²) in [4.78, 5) is 26.5. The number of rotatable bonds is 8. The van der Waals surface area contributed by atoms with Crippen LogP contribution >= 0.6 is 11.8 Å². The number of unbranched alkanes of at least 4 members (excludes halogenated alkanes) is 1. The lowest BCUT2D eigenvalue weighted by atomic mass is 10.1. The van der Waals surface area contributed by atoms with Crippen LogP contribution < -0.4 is 15.4 Å². The number of imide groups is 1. The van der Waals surface area contributed by atoms with Crippen molar-refractivity contribution in [1.29, 1.82) is 0 Å². The minimum atomic E-state index is -0.621. The molecule has 2 amide bonds. The number of hydrogen-bond donors (Lipinski definition) is 1. The monoisotopic (exact) mass is 438 g/mol. The molecular weight excluding hydrogens is 412 g/mol. The smallest absolute Gasteiger partial charge is 0.247 e. The van der Waals surface area contributed by atoms with Gasteiger partial charge in [-0.05, 0) is 42.7 Å². The summed E-state index contributed by atoms with van der Waals surface area (Å²) in [6.45, 7) is 2.12. The number of methoxy groups -OCH3 is 1. The highest BCUT2D eigenvalue weighted by Gasteiger charge is 2.40. The zero-order valence-corrected chi connectivity index (χ0v) is 18.5. The fraction of sp³-hybridized carbons (Fsp3) is 0.304. The van der Waals surface area contributed by atoms with Crippen molar-refractivity contribution in [3.05, 3.63) is 60.2 Å². The Balaban J connectivity index is 1.72. The van der Waals surface area contributed by atoms with Crippen LogP contribution in [0, 0.1) is 0 Å². The summed E-state index contributed by atoms with van der Waals surface area (Å²) < 4.78 is 5.12. The fourth-order valence-electron chi connectivity index (χ4n) is 3.20. The maximum atomic E-state index is 12.8. The quantitative estimate of drug-likeness (QED) is 0.291. The molecule has 0 aromatic heterocycles. The normalized spacial score (nSPS) is 17.4. The zero-order valence-electron chi connectivity index (χ0n) is 17.7. The number of ether oxygens (including phenoxy) is 1. The summed E-state index contributed by atoms with van der Waals surface area (Å²) in [6.07, 6.45) is 2.88. The standard InChI is InChI=1S/C23H26N4O3S/c1-3-4-10-19(16-8-6-5-7-9-16)25-26-23(24)31-20-15-21(28)27(22(20)29)17-11-13-18(30-2)14-12-17/h5-9,11-14,20H,3-4,10,15H2,1-2H3,(H2,24,26). The minimum Gasteiger partial charge on any atom is -0.497 e. The van der Waals surface area contributed by atoms with Crippen LogP contribution in [0.25, 0.3) is 0 Å². The van der Waals surface area contributed by atoms with E-state index in [-0.39, 0.29) is 23.4 Å². The third-order valence-electron chi connectivity index (χ3n) is 4.84. The molecule has 1 aliphatic heterocycles. The minimum absolute atomic E-state index is 0.0663. The highest BCUT2D eigenvalue weighted by molar-refractivity contribution is 8.14. The van der Waals surface area contributed by atoms with E-state index >= 15 is 0 Å². The second-order valence-corrected chi connectivity index (χ2v) is 8.25. The Labute approximate surface area is 186 Å². The summed E-state index contributed by atoms with van der Waals surface area (Å²) in [5.41, 5.74) is 8.40. The molecular formula is C23H26N4O3S. The first-order valence-corrected chi connectivity index (χ1v) is 11.0. The van der Waals surface area contributed by atoms with Crippen molar-refractivity contribution in [2.24, 2.45) is 15.9 Å². The third-order valence-corrected chi connectivity index (χ3v) is 5.82. The summed E-state index contributed by atoms with van der Waals surface area (Å²) >= 11 is 1.07. The van der Waals surface area contributed by atoms with E-state index in [1.54, 1.807) is 31.4 Å². The maximum Gasteiger partial charge on any atom is 0.247 e. The van der Waals surface area contributed by atoms with Gasteiger partial charge in [0.05, 0.1) is 18.5 Å². The molecule has 0 radical (unpaired) electrons. The predicted molar refractivity (Wildman–Crippen MR) is 126 cm³/mol. The number of anilines is 1. The second kappa shape index (κ2) is 10.8. The third kappa shape index (κ3) is 5.73. The lowest BCUT2D eigenvalue weighted by molar-refractivity contribution is -0.121. The molecule has 0 saturated carbocycles. The van der Waals surface area contributed by atoms with Gasteiger partial charge in [-0.3, -0.25) is 9.59 Å². The molecule has 162 valence electrons. The Morgan fingerprint density at radius 2 is 1.84 bits per heavy atom. The number of amidine groups is 1. The van der Waals surface area contributed by atoms with Crippen molar-refractivity contribution in [1.82, 2.24) is 0 Å². The summed E-state index contributed by atoms with van der Waals surface area (Å²) in [6, 6.07) is 16.6. The van der Waals surface area contributed by atoms with E-state index in [1.165, 1.54) is 4.90 Å². The molecule has 31 heavy (non-hydrogen) atoms. The number of amides is 2. The van der Waals surface area contributed by atoms with Gasteiger partial charge in [-0.2, -0.15) is 5.10 Å². The van der Waals surface area contributed by atoms with Crippen molar-refractivity contribution in [2.45, 2.75) is 37.9 Å². The van der Waals surface area contributed by atoms with E-state index < -0.39 is 5.25 Å². The molecule has 2 aromatic carbocycles. The molecule has 7 nitrogen and oxygen atoms in total. The molecule has 2 N–H and O–H groups in total. The first-order valence-electron chi connectivity index (χ1n) is 10.2. The van der Waals surface area contributed by atoms with Crippen molar-refractivity contribution in [2.75, 3.05) is 12.0 Å². The molecule has 0 spiro atoms. The van der Waals surface area contributed by atoms with Crippen LogP contribution in [0.15, 0.2) is 64.8 Å². The SMILES string of the molecule is CCCCC(=NN=C(N)SC1CC(=O)N(c2ccc(OC)cc2)C1=O)c1ccccc1. The van der Waals surface area contributed by atoms with E-state index in [4.69, 9.17) is 10.5 Å². The number of thioether (sulfide) groups is 1. The fourth-order valence-corrected chi connectivity index (χ4v) is 4.02. The van der Waals surface area contributed by atoms with Gasteiger partial charge in [0.2, 0.25) is 11.8 Å². The molecule has 3 rings (SSSR count). The average Bonchev–Trinajstić information content (AvgIpc) is 3.07. The number of carbonyl (C=O) groups is 2. The van der Waals surface area contributed by atoms with Crippen molar-refractivity contribution >= 4 is 40.1 Å². The van der Waals surface area contributed by atoms with Crippen molar-refractivity contribution in [3.63, 3.8) is 0 Å². The Morgan fingerprint density at radius 3 is 2.48 bits per heavy atom. The molecule has 8 heteroatoms. The summed E-state index contributed by atoms with van der Waals surface area (Å²) in [5.74, 6) is 0.0775. The van der Waals surface area contributed by atoms with E-state index in [0.717, 1.165) is 42.3 Å². The van der Waals surface area contributed by atoms with Crippen molar-refractivity contribution < 1.29 is 14.3 Å². The molecule has 1 atom stereocenters. The molecule has 2 aromatic rings. The van der Waals surface area contributed by atoms with Gasteiger partial charge in [0, 0.05) is 6.42 Å². The van der Waals surface area contributed by atoms with Gasteiger partial charge in [-0.15, -0.1) is 5.10 Å². The topological polar surface area (TPSA) is 97.3 Å². The molecule has 1 saturated heterocycles. The van der Waals surface area contributed by atoms with E-state index in [1.807, 2.05) is 30.3 Å². The van der Waals surface area contributed by atoms with Crippen LogP contribution in [-0.2, 0) is 9.59 Å². The summed E-state index contributed by atoms with van der Waals surface area (Å²) in [5, 5.41) is 8.03. The van der Waals surface area contributed by atoms with Crippen LogP contribution in [0.1, 0.15) is 38.2 Å². The Kier molecular flexibility index (Phi) is 7.83. The number of nitrogens with two attached hydrogens (primary N) is 1. The van der Waals surface area contributed by atoms with E-state index in [9.17, 15) is 9.59 Å². The van der Waals surface area contributed by atoms with Crippen LogP contribution in [0.4, 0.5) is 5.69 Å². The van der Waals surface area contributed by atoms with Crippen LogP contribution in [-0.4, -0.2) is 35.1 Å². The number of carbonyl (C=O) groups excluding carboxylic acids is 2. The Bertz CT molecular complexity index is 974. The van der Waals surface area contributed by atoms with Crippen LogP contribution in [0.5, 0.6) is 5.75 Å². The molecule has 1 unspecified atom stereocenters. The molecule has 1 aliphatic rings. The zero-order chi connectivity index (χ0) is 22.2. The predicted octanol–water partition coefficient (Wildman–Crippen LogP) is 3.97. The first kappa shape index (κ1) is 22.6. The lowest BCUT2D eigenvalue weighted by Crippen LogP contribution is -2.31. The van der Waals surface area contributed by atoms with Gasteiger partial charge in [0.15, 0.2) is 5.17 Å². The van der Waals surface area contributed by atoms with Gasteiger partial charge in [-0.25, -0.2) is 4.90 Å².